The lowest BCUT2D eigenvalue weighted by Gasteiger charge is -2.34. The van der Waals surface area contributed by atoms with Crippen LogP contribution in [0.15, 0.2) is 24.3 Å². The Kier molecular flexibility index (Phi) is 4.69. The van der Waals surface area contributed by atoms with E-state index in [0.29, 0.717) is 0 Å². The molecule has 0 radical (unpaired) electrons. The molecule has 0 spiro atoms. The summed E-state index contributed by atoms with van der Waals surface area (Å²) in [5, 5.41) is 4.11. The number of halogens is 1. The average molecular weight is 253 g/mol. The van der Waals surface area contributed by atoms with Gasteiger partial charge in [-0.05, 0) is 50.9 Å². The van der Waals surface area contributed by atoms with Gasteiger partial charge in [-0.25, -0.2) is 0 Å². The topological polar surface area (TPSA) is 15.3 Å². The second-order valence-corrected chi connectivity index (χ2v) is 5.18. The Morgan fingerprint density at radius 2 is 2.00 bits per heavy atom. The van der Waals surface area contributed by atoms with Crippen molar-refractivity contribution in [2.75, 3.05) is 31.6 Å². The van der Waals surface area contributed by atoms with Gasteiger partial charge in [-0.3, -0.25) is 0 Å². The lowest BCUT2D eigenvalue weighted by Crippen LogP contribution is -2.34. The maximum absolute atomic E-state index is 6.23. The highest BCUT2D eigenvalue weighted by molar-refractivity contribution is 6.33. The van der Waals surface area contributed by atoms with Crippen molar-refractivity contribution in [3.63, 3.8) is 0 Å². The molecule has 1 saturated heterocycles. The molecule has 0 atom stereocenters. The standard InChI is InChI=1S/C14H21ClN2/c1-16-9-6-12-7-10-17(11-8-12)14-5-3-2-4-13(14)15/h2-5,12,16H,6-11H2,1H3. The predicted octanol–water partition coefficient (Wildman–Crippen LogP) is 3.17. The van der Waals surface area contributed by atoms with Crippen LogP contribution >= 0.6 is 11.6 Å². The van der Waals surface area contributed by atoms with Crippen molar-refractivity contribution in [1.82, 2.24) is 5.32 Å². The summed E-state index contributed by atoms with van der Waals surface area (Å²) >= 11 is 6.23. The summed E-state index contributed by atoms with van der Waals surface area (Å²) in [7, 11) is 2.03. The van der Waals surface area contributed by atoms with Gasteiger partial charge in [-0.2, -0.15) is 0 Å². The molecule has 0 amide bonds. The molecule has 2 nitrogen and oxygen atoms in total. The third kappa shape index (κ3) is 3.36. The highest BCUT2D eigenvalue weighted by Crippen LogP contribution is 2.29. The van der Waals surface area contributed by atoms with E-state index in [-0.39, 0.29) is 0 Å². The molecule has 1 aromatic rings. The Balaban J connectivity index is 1.89. The van der Waals surface area contributed by atoms with Gasteiger partial charge < -0.3 is 10.2 Å². The molecule has 94 valence electrons. The fourth-order valence-corrected chi connectivity index (χ4v) is 2.77. The van der Waals surface area contributed by atoms with Crippen molar-refractivity contribution in [3.8, 4) is 0 Å². The third-order valence-electron chi connectivity index (χ3n) is 3.61. The Morgan fingerprint density at radius 1 is 1.29 bits per heavy atom. The zero-order chi connectivity index (χ0) is 12.1. The lowest BCUT2D eigenvalue weighted by atomic mass is 9.93. The van der Waals surface area contributed by atoms with Gasteiger partial charge in [-0.15, -0.1) is 0 Å². The van der Waals surface area contributed by atoms with Crippen molar-refractivity contribution >= 4 is 17.3 Å². The van der Waals surface area contributed by atoms with Gasteiger partial charge in [0.15, 0.2) is 0 Å². The summed E-state index contributed by atoms with van der Waals surface area (Å²) in [4.78, 5) is 2.41. The van der Waals surface area contributed by atoms with Crippen LogP contribution in [0.25, 0.3) is 0 Å². The minimum Gasteiger partial charge on any atom is -0.370 e. The first kappa shape index (κ1) is 12.7. The van der Waals surface area contributed by atoms with E-state index in [9.17, 15) is 0 Å². The van der Waals surface area contributed by atoms with Gasteiger partial charge in [-0.1, -0.05) is 23.7 Å². The third-order valence-corrected chi connectivity index (χ3v) is 3.93. The van der Waals surface area contributed by atoms with E-state index in [1.165, 1.54) is 24.9 Å². The van der Waals surface area contributed by atoms with Crippen LogP contribution in [0.2, 0.25) is 5.02 Å². The van der Waals surface area contributed by atoms with Crippen molar-refractivity contribution < 1.29 is 0 Å². The zero-order valence-corrected chi connectivity index (χ0v) is 11.2. The molecule has 0 saturated carbocycles. The second-order valence-electron chi connectivity index (χ2n) is 4.77. The Labute approximate surface area is 109 Å². The summed E-state index contributed by atoms with van der Waals surface area (Å²) in [5.74, 6) is 0.876. The summed E-state index contributed by atoms with van der Waals surface area (Å²) in [6, 6.07) is 8.15. The Bertz CT molecular complexity index is 346. The zero-order valence-electron chi connectivity index (χ0n) is 10.5. The molecule has 3 heteroatoms. The number of rotatable bonds is 4. The minimum absolute atomic E-state index is 0.876. The smallest absolute Gasteiger partial charge is 0.0639 e. The van der Waals surface area contributed by atoms with Gasteiger partial charge in [0, 0.05) is 13.1 Å². The molecule has 0 aromatic heterocycles. The summed E-state index contributed by atoms with van der Waals surface area (Å²) < 4.78 is 0. The van der Waals surface area contributed by atoms with Crippen molar-refractivity contribution in [2.24, 2.45) is 5.92 Å². The number of nitrogens with zero attached hydrogens (tertiary/aromatic N) is 1. The van der Waals surface area contributed by atoms with Crippen LogP contribution in [-0.2, 0) is 0 Å². The fraction of sp³-hybridized carbons (Fsp3) is 0.571. The maximum Gasteiger partial charge on any atom is 0.0639 e. The van der Waals surface area contributed by atoms with Crippen LogP contribution in [0.3, 0.4) is 0 Å². The first-order chi connectivity index (χ1) is 8.31. The lowest BCUT2D eigenvalue weighted by molar-refractivity contribution is 0.378. The molecule has 1 heterocycles. The minimum atomic E-state index is 0.876. The van der Waals surface area contributed by atoms with Crippen LogP contribution in [0, 0.1) is 5.92 Å². The monoisotopic (exact) mass is 252 g/mol. The molecule has 1 N–H and O–H groups in total. The van der Waals surface area contributed by atoms with E-state index < -0.39 is 0 Å². The number of para-hydroxylation sites is 1. The number of nitrogens with one attached hydrogen (secondary N) is 1. The predicted molar refractivity (Wildman–Crippen MR) is 74.9 cm³/mol. The van der Waals surface area contributed by atoms with Crippen LogP contribution in [0.1, 0.15) is 19.3 Å². The molecular weight excluding hydrogens is 232 g/mol. The van der Waals surface area contributed by atoms with Crippen LogP contribution in [-0.4, -0.2) is 26.7 Å². The normalized spacial score (nSPS) is 17.4. The van der Waals surface area contributed by atoms with E-state index in [4.69, 9.17) is 11.6 Å². The maximum atomic E-state index is 6.23. The largest absolute Gasteiger partial charge is 0.370 e. The van der Waals surface area contributed by atoms with E-state index in [1.54, 1.807) is 0 Å². The molecule has 1 fully saturated rings. The molecule has 0 bridgehead atoms. The second kappa shape index (κ2) is 6.27. The van der Waals surface area contributed by atoms with Crippen molar-refractivity contribution in [2.45, 2.75) is 19.3 Å². The molecule has 1 aliphatic heterocycles. The van der Waals surface area contributed by atoms with Crippen molar-refractivity contribution in [3.05, 3.63) is 29.3 Å². The molecular formula is C14H21ClN2. The van der Waals surface area contributed by atoms with Crippen LogP contribution in [0.4, 0.5) is 5.69 Å². The number of benzene rings is 1. The van der Waals surface area contributed by atoms with Gasteiger partial charge in [0.2, 0.25) is 0 Å². The van der Waals surface area contributed by atoms with E-state index in [1.807, 2.05) is 19.2 Å². The summed E-state index contributed by atoms with van der Waals surface area (Å²) in [5.41, 5.74) is 1.20. The Morgan fingerprint density at radius 3 is 2.65 bits per heavy atom. The summed E-state index contributed by atoms with van der Waals surface area (Å²) in [6.07, 6.45) is 3.87. The van der Waals surface area contributed by atoms with Gasteiger partial charge in [0.05, 0.1) is 10.7 Å². The fourth-order valence-electron chi connectivity index (χ4n) is 2.52. The highest BCUT2D eigenvalue weighted by Gasteiger charge is 2.19. The molecule has 2 rings (SSSR count). The molecule has 1 aliphatic rings. The molecule has 0 aliphatic carbocycles. The van der Waals surface area contributed by atoms with Gasteiger partial charge in [0.25, 0.3) is 0 Å². The van der Waals surface area contributed by atoms with E-state index in [2.05, 4.69) is 22.3 Å². The SMILES string of the molecule is CNCCC1CCN(c2ccccc2Cl)CC1. The van der Waals surface area contributed by atoms with Crippen LogP contribution in [0.5, 0.6) is 0 Å². The van der Waals surface area contributed by atoms with E-state index in [0.717, 1.165) is 30.6 Å². The molecule has 1 aromatic carbocycles. The number of anilines is 1. The quantitative estimate of drug-likeness (QED) is 0.886. The summed E-state index contributed by atoms with van der Waals surface area (Å²) in [6.45, 7) is 3.41. The van der Waals surface area contributed by atoms with Gasteiger partial charge >= 0.3 is 0 Å². The first-order valence-electron chi connectivity index (χ1n) is 6.45. The van der Waals surface area contributed by atoms with Crippen LogP contribution < -0.4 is 10.2 Å². The van der Waals surface area contributed by atoms with Crippen molar-refractivity contribution in [1.29, 1.82) is 0 Å². The first-order valence-corrected chi connectivity index (χ1v) is 6.83. The average Bonchev–Trinajstić information content (AvgIpc) is 2.38. The highest BCUT2D eigenvalue weighted by atomic mass is 35.5. The van der Waals surface area contributed by atoms with Gasteiger partial charge in [0.1, 0.15) is 0 Å². The Hall–Kier alpha value is -0.730. The molecule has 17 heavy (non-hydrogen) atoms. The number of piperidine rings is 1. The van der Waals surface area contributed by atoms with E-state index >= 15 is 0 Å². The number of hydrogen-bond acceptors (Lipinski definition) is 2. The number of hydrogen-bond donors (Lipinski definition) is 1. The molecule has 0 unspecified atom stereocenters.